The minimum Gasteiger partial charge on any atom is -0.489 e. The molecule has 4 heteroatoms. The van der Waals surface area contributed by atoms with E-state index in [0.717, 1.165) is 39.5 Å². The van der Waals surface area contributed by atoms with Crippen LogP contribution < -0.4 is 4.74 Å². The minimum atomic E-state index is -0.0452. The quantitative estimate of drug-likeness (QED) is 0.346. The van der Waals surface area contributed by atoms with E-state index in [4.69, 9.17) is 4.74 Å². The molecule has 2 aromatic heterocycles. The number of ether oxygens (including phenoxy) is 1. The Morgan fingerprint density at radius 3 is 2.47 bits per heavy atom. The number of benzene rings is 3. The molecule has 0 fully saturated rings. The molecule has 0 saturated carbocycles. The van der Waals surface area contributed by atoms with Crippen molar-refractivity contribution < 1.29 is 9.53 Å². The van der Waals surface area contributed by atoms with Crippen LogP contribution in [-0.2, 0) is 13.0 Å². The second-order valence-electron chi connectivity index (χ2n) is 7.45. The minimum absolute atomic E-state index is 0.0452. The molecule has 0 unspecified atom stereocenters. The monoisotopic (exact) mass is 394 g/mol. The third-order valence-electron chi connectivity index (χ3n) is 5.45. The number of ketones is 1. The molecule has 0 spiro atoms. The number of aryl methyl sites for hydroxylation is 1. The van der Waals surface area contributed by atoms with Crippen molar-refractivity contribution >= 4 is 27.6 Å². The molecule has 0 aliphatic heterocycles. The summed E-state index contributed by atoms with van der Waals surface area (Å²) in [6, 6.07) is 25.9. The van der Waals surface area contributed by atoms with Crippen molar-refractivity contribution in [1.29, 1.82) is 0 Å². The molecule has 2 heterocycles. The molecule has 148 valence electrons. The van der Waals surface area contributed by atoms with Gasteiger partial charge in [-0.3, -0.25) is 4.79 Å². The molecule has 0 bridgehead atoms. The van der Waals surface area contributed by atoms with Crippen LogP contribution in [0.2, 0.25) is 0 Å². The number of fused-ring (bicyclic) bond motifs is 2. The van der Waals surface area contributed by atoms with Gasteiger partial charge in [0, 0.05) is 21.8 Å². The van der Waals surface area contributed by atoms with Crippen LogP contribution >= 0.6 is 0 Å². The van der Waals surface area contributed by atoms with Crippen molar-refractivity contribution in [3.05, 3.63) is 101 Å². The highest BCUT2D eigenvalue weighted by Crippen LogP contribution is 2.25. The van der Waals surface area contributed by atoms with Crippen LogP contribution in [0, 0.1) is 0 Å². The van der Waals surface area contributed by atoms with Crippen molar-refractivity contribution in [1.82, 2.24) is 9.97 Å². The van der Waals surface area contributed by atoms with Crippen molar-refractivity contribution in [2.75, 3.05) is 0 Å². The summed E-state index contributed by atoms with van der Waals surface area (Å²) in [5, 5.41) is 2.01. The maximum absolute atomic E-state index is 13.1. The van der Waals surface area contributed by atoms with Gasteiger partial charge >= 0.3 is 0 Å². The molecule has 0 aliphatic rings. The summed E-state index contributed by atoms with van der Waals surface area (Å²) in [6.07, 6.45) is 0.920. The fourth-order valence-electron chi connectivity index (χ4n) is 3.84. The molecule has 4 nitrogen and oxygen atoms in total. The lowest BCUT2D eigenvalue weighted by Crippen LogP contribution is -2.01. The number of carbonyl (C=O) groups excluding carboxylic acids is 1. The Bertz CT molecular complexity index is 1350. The van der Waals surface area contributed by atoms with E-state index in [1.807, 2.05) is 72.8 Å². The van der Waals surface area contributed by atoms with Gasteiger partial charge in [-0.25, -0.2) is 0 Å². The number of aromatic amines is 2. The average molecular weight is 394 g/mol. The lowest BCUT2D eigenvalue weighted by atomic mass is 10.1. The van der Waals surface area contributed by atoms with E-state index >= 15 is 0 Å². The maximum Gasteiger partial charge on any atom is 0.225 e. The summed E-state index contributed by atoms with van der Waals surface area (Å²) < 4.78 is 5.91. The SMILES string of the molecule is CCc1cccc2cc(C(=O)c3cc4cc(OCc5ccccc5)ccc4[nH]3)[nH]c12. The van der Waals surface area contributed by atoms with Gasteiger partial charge in [-0.05, 0) is 47.9 Å². The van der Waals surface area contributed by atoms with Crippen LogP contribution in [0.1, 0.15) is 34.2 Å². The van der Waals surface area contributed by atoms with Gasteiger partial charge in [0.05, 0.1) is 11.4 Å². The number of hydrogen-bond acceptors (Lipinski definition) is 2. The average Bonchev–Trinajstić information content (AvgIpc) is 3.41. The second-order valence-corrected chi connectivity index (χ2v) is 7.45. The van der Waals surface area contributed by atoms with E-state index in [2.05, 4.69) is 23.0 Å². The summed E-state index contributed by atoms with van der Waals surface area (Å²) >= 11 is 0. The van der Waals surface area contributed by atoms with Crippen LogP contribution in [0.3, 0.4) is 0 Å². The van der Waals surface area contributed by atoms with E-state index in [0.29, 0.717) is 18.0 Å². The van der Waals surface area contributed by atoms with Gasteiger partial charge in [0.15, 0.2) is 0 Å². The lowest BCUT2D eigenvalue weighted by Gasteiger charge is -2.06. The molecular weight excluding hydrogens is 372 g/mol. The zero-order valence-electron chi connectivity index (χ0n) is 16.7. The number of rotatable bonds is 6. The number of aromatic nitrogens is 2. The summed E-state index contributed by atoms with van der Waals surface area (Å²) in [5.41, 5.74) is 5.44. The molecule has 5 aromatic rings. The topological polar surface area (TPSA) is 57.9 Å². The first-order chi connectivity index (χ1) is 14.7. The summed E-state index contributed by atoms with van der Waals surface area (Å²) in [4.78, 5) is 19.6. The molecule has 5 rings (SSSR count). The molecule has 0 aliphatic carbocycles. The van der Waals surface area contributed by atoms with Crippen molar-refractivity contribution in [2.45, 2.75) is 20.0 Å². The van der Waals surface area contributed by atoms with Crippen molar-refractivity contribution in [3.63, 3.8) is 0 Å². The fourth-order valence-corrected chi connectivity index (χ4v) is 3.84. The predicted molar refractivity (Wildman–Crippen MR) is 120 cm³/mol. The largest absolute Gasteiger partial charge is 0.489 e. The highest BCUT2D eigenvalue weighted by Gasteiger charge is 2.16. The van der Waals surface area contributed by atoms with Crippen LogP contribution in [-0.4, -0.2) is 15.8 Å². The van der Waals surface area contributed by atoms with E-state index in [1.165, 1.54) is 5.56 Å². The van der Waals surface area contributed by atoms with E-state index in [-0.39, 0.29) is 5.78 Å². The Balaban J connectivity index is 1.41. The van der Waals surface area contributed by atoms with Gasteiger partial charge in [-0.15, -0.1) is 0 Å². The zero-order valence-corrected chi connectivity index (χ0v) is 16.7. The highest BCUT2D eigenvalue weighted by molar-refractivity contribution is 6.11. The normalized spacial score (nSPS) is 11.2. The molecule has 0 radical (unpaired) electrons. The lowest BCUT2D eigenvalue weighted by molar-refractivity contribution is 0.103. The van der Waals surface area contributed by atoms with Gasteiger partial charge in [0.1, 0.15) is 12.4 Å². The number of hydrogen-bond donors (Lipinski definition) is 2. The van der Waals surface area contributed by atoms with Crippen LogP contribution in [0.25, 0.3) is 21.8 Å². The van der Waals surface area contributed by atoms with Crippen LogP contribution in [0.5, 0.6) is 5.75 Å². The Hall–Kier alpha value is -3.79. The third-order valence-corrected chi connectivity index (χ3v) is 5.45. The molecule has 0 saturated heterocycles. The number of carbonyl (C=O) groups is 1. The third kappa shape index (κ3) is 3.37. The number of H-pyrrole nitrogens is 2. The maximum atomic E-state index is 13.1. The van der Waals surface area contributed by atoms with Crippen LogP contribution in [0.4, 0.5) is 0 Å². The number of nitrogens with one attached hydrogen (secondary N) is 2. The van der Waals surface area contributed by atoms with Gasteiger partial charge < -0.3 is 14.7 Å². The first-order valence-corrected chi connectivity index (χ1v) is 10.2. The van der Waals surface area contributed by atoms with Crippen molar-refractivity contribution in [3.8, 4) is 5.75 Å². The molecule has 0 atom stereocenters. The van der Waals surface area contributed by atoms with Crippen LogP contribution in [0.15, 0.2) is 78.9 Å². The summed E-state index contributed by atoms with van der Waals surface area (Å²) in [6.45, 7) is 2.63. The summed E-state index contributed by atoms with van der Waals surface area (Å²) in [5.74, 6) is 0.735. The second kappa shape index (κ2) is 7.56. The zero-order chi connectivity index (χ0) is 20.5. The molecular formula is C26H22N2O2. The Morgan fingerprint density at radius 2 is 1.63 bits per heavy atom. The van der Waals surface area contributed by atoms with E-state index in [9.17, 15) is 4.79 Å². The van der Waals surface area contributed by atoms with Crippen molar-refractivity contribution in [2.24, 2.45) is 0 Å². The Morgan fingerprint density at radius 1 is 0.833 bits per heavy atom. The smallest absolute Gasteiger partial charge is 0.225 e. The predicted octanol–water partition coefficient (Wildman–Crippen LogP) is 6.02. The van der Waals surface area contributed by atoms with Gasteiger partial charge in [0.25, 0.3) is 0 Å². The number of para-hydroxylation sites is 1. The molecule has 3 aromatic carbocycles. The first-order valence-electron chi connectivity index (χ1n) is 10.2. The van der Waals surface area contributed by atoms with E-state index in [1.54, 1.807) is 0 Å². The van der Waals surface area contributed by atoms with Gasteiger partial charge in [-0.2, -0.15) is 0 Å². The van der Waals surface area contributed by atoms with Gasteiger partial charge in [0.2, 0.25) is 5.78 Å². The van der Waals surface area contributed by atoms with Gasteiger partial charge in [-0.1, -0.05) is 55.5 Å². The van der Waals surface area contributed by atoms with E-state index < -0.39 is 0 Å². The Labute approximate surface area is 174 Å². The molecule has 30 heavy (non-hydrogen) atoms. The highest BCUT2D eigenvalue weighted by atomic mass is 16.5. The summed E-state index contributed by atoms with van der Waals surface area (Å²) in [7, 11) is 0. The fraction of sp³-hybridized carbons (Fsp3) is 0.115. The first kappa shape index (κ1) is 18.3. The molecule has 0 amide bonds. The standard InChI is InChI=1S/C26H22N2O2/c1-2-18-9-6-10-19-14-24(28-25(18)19)26(29)23-15-20-13-21(11-12-22(20)27-23)30-16-17-7-4-3-5-8-17/h3-15,27-28H,2,16H2,1H3. The Kier molecular flexibility index (Phi) is 4.60. The molecule has 2 N–H and O–H groups in total.